The van der Waals surface area contributed by atoms with Crippen LogP contribution in [-0.4, -0.2) is 22.3 Å². The summed E-state index contributed by atoms with van der Waals surface area (Å²) < 4.78 is 7.88. The van der Waals surface area contributed by atoms with E-state index in [9.17, 15) is 0 Å². The number of hydrogen-bond acceptors (Lipinski definition) is 2. The van der Waals surface area contributed by atoms with E-state index in [-0.39, 0.29) is 11.5 Å². The van der Waals surface area contributed by atoms with E-state index in [2.05, 4.69) is 16.5 Å². The van der Waals surface area contributed by atoms with Crippen LogP contribution in [-0.2, 0) is 4.74 Å². The van der Waals surface area contributed by atoms with Crippen LogP contribution in [0.5, 0.6) is 0 Å². The van der Waals surface area contributed by atoms with Gasteiger partial charge in [-0.15, -0.1) is 11.6 Å². The van der Waals surface area contributed by atoms with Crippen molar-refractivity contribution in [3.05, 3.63) is 29.0 Å². The Morgan fingerprint density at radius 2 is 2.25 bits per heavy atom. The summed E-state index contributed by atoms with van der Waals surface area (Å²) in [6.07, 6.45) is 2.19. The van der Waals surface area contributed by atoms with Crippen molar-refractivity contribution in [3.8, 4) is 0 Å². The van der Waals surface area contributed by atoms with Crippen LogP contribution in [0, 0.1) is 0 Å². The van der Waals surface area contributed by atoms with Crippen molar-refractivity contribution in [1.82, 2.24) is 9.55 Å². The van der Waals surface area contributed by atoms with Gasteiger partial charge in [0.15, 0.2) is 0 Å². The molecule has 0 spiro atoms. The standard InChI is InChI=1S/C15H18Cl2N2O/c1-9-8-11(6-7-20-9)19-14-12(17)4-3-5-13(14)18-15(19)10(2)16/h3-5,9-11H,6-8H2,1-2H3. The van der Waals surface area contributed by atoms with E-state index in [1.165, 1.54) is 0 Å². The summed E-state index contributed by atoms with van der Waals surface area (Å²) in [6.45, 7) is 4.83. The van der Waals surface area contributed by atoms with Gasteiger partial charge in [0.05, 0.1) is 27.5 Å². The molecule has 3 rings (SSSR count). The highest BCUT2D eigenvalue weighted by atomic mass is 35.5. The molecule has 0 aliphatic carbocycles. The molecule has 3 atom stereocenters. The van der Waals surface area contributed by atoms with E-state index in [0.717, 1.165) is 41.3 Å². The van der Waals surface area contributed by atoms with Gasteiger partial charge in [-0.1, -0.05) is 17.7 Å². The fourth-order valence-corrected chi connectivity index (χ4v) is 3.40. The number of para-hydroxylation sites is 1. The summed E-state index contributed by atoms with van der Waals surface area (Å²) in [6, 6.07) is 6.17. The van der Waals surface area contributed by atoms with Gasteiger partial charge in [-0.25, -0.2) is 4.98 Å². The highest BCUT2D eigenvalue weighted by molar-refractivity contribution is 6.35. The van der Waals surface area contributed by atoms with Crippen molar-refractivity contribution in [1.29, 1.82) is 0 Å². The van der Waals surface area contributed by atoms with E-state index in [0.29, 0.717) is 6.04 Å². The summed E-state index contributed by atoms with van der Waals surface area (Å²) in [5, 5.41) is 0.592. The third-order valence-corrected chi connectivity index (χ3v) is 4.37. The number of halogens is 2. The topological polar surface area (TPSA) is 27.1 Å². The fraction of sp³-hybridized carbons (Fsp3) is 0.533. The Balaban J connectivity index is 2.18. The number of ether oxygens (including phenoxy) is 1. The van der Waals surface area contributed by atoms with Crippen LogP contribution in [0.4, 0.5) is 0 Å². The second kappa shape index (κ2) is 5.55. The zero-order valence-electron chi connectivity index (χ0n) is 11.6. The van der Waals surface area contributed by atoms with Gasteiger partial charge in [0.1, 0.15) is 5.82 Å². The van der Waals surface area contributed by atoms with Gasteiger partial charge in [-0.05, 0) is 38.8 Å². The van der Waals surface area contributed by atoms with E-state index in [1.807, 2.05) is 25.1 Å². The van der Waals surface area contributed by atoms with E-state index in [4.69, 9.17) is 27.9 Å². The minimum Gasteiger partial charge on any atom is -0.378 e. The molecule has 1 aromatic carbocycles. The van der Waals surface area contributed by atoms with E-state index in [1.54, 1.807) is 0 Å². The number of benzene rings is 1. The number of alkyl halides is 1. The molecule has 1 aromatic heterocycles. The number of nitrogens with zero attached hydrogens (tertiary/aromatic N) is 2. The van der Waals surface area contributed by atoms with E-state index >= 15 is 0 Å². The molecule has 0 saturated carbocycles. The Bertz CT molecular complexity index is 624. The maximum atomic E-state index is 6.40. The lowest BCUT2D eigenvalue weighted by Crippen LogP contribution is -2.26. The number of imidazole rings is 1. The molecule has 0 amide bonds. The first kappa shape index (κ1) is 14.2. The largest absolute Gasteiger partial charge is 0.378 e. The van der Waals surface area contributed by atoms with Crippen LogP contribution < -0.4 is 0 Å². The van der Waals surface area contributed by atoms with Crippen LogP contribution in [0.15, 0.2) is 18.2 Å². The summed E-state index contributed by atoms with van der Waals surface area (Å²) in [5.74, 6) is 0.897. The van der Waals surface area contributed by atoms with Crippen LogP contribution in [0.2, 0.25) is 5.02 Å². The van der Waals surface area contributed by atoms with Gasteiger partial charge < -0.3 is 9.30 Å². The Morgan fingerprint density at radius 3 is 2.95 bits per heavy atom. The van der Waals surface area contributed by atoms with Gasteiger partial charge >= 0.3 is 0 Å². The number of fused-ring (bicyclic) bond motifs is 1. The Kier molecular flexibility index (Phi) is 3.93. The molecule has 1 aliphatic heterocycles. The highest BCUT2D eigenvalue weighted by Gasteiger charge is 2.27. The molecule has 2 heterocycles. The Labute approximate surface area is 128 Å². The zero-order chi connectivity index (χ0) is 14.3. The minimum absolute atomic E-state index is 0.142. The SMILES string of the molecule is CC1CC(n2c(C(C)Cl)nc3cccc(Cl)c32)CCO1. The zero-order valence-corrected chi connectivity index (χ0v) is 13.2. The fourth-order valence-electron chi connectivity index (χ4n) is 2.98. The van der Waals surface area contributed by atoms with Gasteiger partial charge in [0.25, 0.3) is 0 Å². The summed E-state index contributed by atoms with van der Waals surface area (Å²) >= 11 is 12.7. The molecule has 20 heavy (non-hydrogen) atoms. The summed E-state index contributed by atoms with van der Waals surface area (Å²) in [5.41, 5.74) is 1.91. The van der Waals surface area contributed by atoms with Crippen LogP contribution >= 0.6 is 23.2 Å². The van der Waals surface area contributed by atoms with Crippen molar-refractivity contribution < 1.29 is 4.74 Å². The van der Waals surface area contributed by atoms with Gasteiger partial charge in [0, 0.05) is 12.6 Å². The van der Waals surface area contributed by atoms with Crippen LogP contribution in [0.3, 0.4) is 0 Å². The molecule has 0 N–H and O–H groups in total. The second-order valence-corrected chi connectivity index (χ2v) is 6.49. The normalized spacial score (nSPS) is 25.0. The quantitative estimate of drug-likeness (QED) is 0.750. The smallest absolute Gasteiger partial charge is 0.128 e. The average molecular weight is 313 g/mol. The Morgan fingerprint density at radius 1 is 1.45 bits per heavy atom. The molecular formula is C15H18Cl2N2O. The van der Waals surface area contributed by atoms with Gasteiger partial charge in [0.2, 0.25) is 0 Å². The van der Waals surface area contributed by atoms with Crippen LogP contribution in [0.25, 0.3) is 11.0 Å². The van der Waals surface area contributed by atoms with Crippen molar-refractivity contribution in [2.75, 3.05) is 6.61 Å². The van der Waals surface area contributed by atoms with E-state index < -0.39 is 0 Å². The number of hydrogen-bond donors (Lipinski definition) is 0. The Hall–Kier alpha value is -0.770. The molecule has 0 bridgehead atoms. The molecule has 1 aliphatic rings. The summed E-state index contributed by atoms with van der Waals surface area (Å²) in [7, 11) is 0. The van der Waals surface area contributed by atoms with Crippen molar-refractivity contribution in [3.63, 3.8) is 0 Å². The van der Waals surface area contributed by atoms with Crippen molar-refractivity contribution >= 4 is 34.2 Å². The molecule has 5 heteroatoms. The molecule has 1 fully saturated rings. The van der Waals surface area contributed by atoms with Gasteiger partial charge in [-0.3, -0.25) is 0 Å². The highest BCUT2D eigenvalue weighted by Crippen LogP contribution is 2.36. The summed E-state index contributed by atoms with van der Waals surface area (Å²) in [4.78, 5) is 4.68. The van der Waals surface area contributed by atoms with Crippen molar-refractivity contribution in [2.24, 2.45) is 0 Å². The predicted octanol–water partition coefficient (Wildman–Crippen LogP) is 4.73. The van der Waals surface area contributed by atoms with Gasteiger partial charge in [-0.2, -0.15) is 0 Å². The molecular weight excluding hydrogens is 295 g/mol. The molecule has 1 saturated heterocycles. The third kappa shape index (κ3) is 2.43. The molecule has 2 aromatic rings. The number of aromatic nitrogens is 2. The van der Waals surface area contributed by atoms with Crippen LogP contribution in [0.1, 0.15) is 43.9 Å². The first-order valence-corrected chi connectivity index (χ1v) is 7.81. The first-order chi connectivity index (χ1) is 9.58. The second-order valence-electron chi connectivity index (χ2n) is 5.42. The lowest BCUT2D eigenvalue weighted by Gasteiger charge is -2.30. The minimum atomic E-state index is -0.142. The first-order valence-electron chi connectivity index (χ1n) is 7.00. The predicted molar refractivity (Wildman–Crippen MR) is 82.7 cm³/mol. The molecule has 108 valence electrons. The maximum absolute atomic E-state index is 6.40. The number of rotatable bonds is 2. The average Bonchev–Trinajstić information content (AvgIpc) is 2.80. The third-order valence-electron chi connectivity index (χ3n) is 3.87. The maximum Gasteiger partial charge on any atom is 0.128 e. The molecule has 3 nitrogen and oxygen atoms in total. The molecule has 3 unspecified atom stereocenters. The lowest BCUT2D eigenvalue weighted by atomic mass is 10.0. The molecule has 0 radical (unpaired) electrons. The van der Waals surface area contributed by atoms with Crippen molar-refractivity contribution in [2.45, 2.75) is 44.2 Å². The lowest BCUT2D eigenvalue weighted by molar-refractivity contribution is 0.00622. The monoisotopic (exact) mass is 312 g/mol.